The highest BCUT2D eigenvalue weighted by Crippen LogP contribution is 2.64. The Morgan fingerprint density at radius 1 is 1.59 bits per heavy atom. The van der Waals surface area contributed by atoms with Crippen molar-refractivity contribution in [3.8, 4) is 0 Å². The fourth-order valence-corrected chi connectivity index (χ4v) is 3.94. The molecule has 1 aliphatic heterocycles. The number of nitrogens with one attached hydrogen (secondary N) is 1. The molecule has 2 atom stereocenters. The number of amides is 1. The van der Waals surface area contributed by atoms with Gasteiger partial charge in [0.05, 0.1) is 17.7 Å². The second-order valence-corrected chi connectivity index (χ2v) is 6.04. The molecule has 1 spiro atoms. The zero-order chi connectivity index (χ0) is 11.5. The van der Waals surface area contributed by atoms with Crippen LogP contribution in [0.5, 0.6) is 0 Å². The Morgan fingerprint density at radius 3 is 3.06 bits per heavy atom. The number of aromatic nitrogens is 1. The predicted octanol–water partition coefficient (Wildman–Crippen LogP) is 1.58. The zero-order valence-electron chi connectivity index (χ0n) is 9.44. The molecular weight excluding hydrogens is 236 g/mol. The molecule has 1 amide bonds. The first kappa shape index (κ1) is 10.0. The topological polar surface area (TPSA) is 51.2 Å². The van der Waals surface area contributed by atoms with Crippen LogP contribution in [0.1, 0.15) is 36.2 Å². The molecule has 3 aliphatic rings. The SMILES string of the molecule is O=C(N[C@]12C[C@H]1COC21CCC1)c1ccsn1. The molecule has 1 saturated heterocycles. The molecule has 2 aliphatic carbocycles. The maximum atomic E-state index is 12.1. The predicted molar refractivity (Wildman–Crippen MR) is 63.0 cm³/mol. The third kappa shape index (κ3) is 1.16. The number of ether oxygens (including phenoxy) is 1. The second kappa shape index (κ2) is 3.09. The molecule has 3 fully saturated rings. The summed E-state index contributed by atoms with van der Waals surface area (Å²) < 4.78 is 10.0. The monoisotopic (exact) mass is 250 g/mol. The van der Waals surface area contributed by atoms with Crippen LogP contribution in [0.2, 0.25) is 0 Å². The quantitative estimate of drug-likeness (QED) is 0.867. The Bertz CT molecular complexity index is 469. The van der Waals surface area contributed by atoms with Crippen LogP contribution in [-0.4, -0.2) is 28.0 Å². The van der Waals surface area contributed by atoms with Crippen LogP contribution in [0.4, 0.5) is 0 Å². The molecule has 2 saturated carbocycles. The molecule has 17 heavy (non-hydrogen) atoms. The van der Waals surface area contributed by atoms with Crippen LogP contribution < -0.4 is 5.32 Å². The fourth-order valence-electron chi connectivity index (χ4n) is 3.43. The summed E-state index contributed by atoms with van der Waals surface area (Å²) in [6.07, 6.45) is 4.51. The van der Waals surface area contributed by atoms with E-state index in [2.05, 4.69) is 9.69 Å². The van der Waals surface area contributed by atoms with Crippen molar-refractivity contribution < 1.29 is 9.53 Å². The molecule has 4 rings (SSSR count). The maximum absolute atomic E-state index is 12.1. The van der Waals surface area contributed by atoms with E-state index in [4.69, 9.17) is 4.74 Å². The van der Waals surface area contributed by atoms with E-state index in [1.54, 1.807) is 6.07 Å². The lowest BCUT2D eigenvalue weighted by molar-refractivity contribution is -0.0939. The lowest BCUT2D eigenvalue weighted by Crippen LogP contribution is -2.58. The van der Waals surface area contributed by atoms with E-state index in [1.807, 2.05) is 5.38 Å². The van der Waals surface area contributed by atoms with E-state index in [1.165, 1.54) is 18.0 Å². The van der Waals surface area contributed by atoms with Gasteiger partial charge in [0.1, 0.15) is 5.69 Å². The normalized spacial score (nSPS) is 36.4. The molecule has 0 unspecified atom stereocenters. The van der Waals surface area contributed by atoms with Crippen molar-refractivity contribution in [3.05, 3.63) is 17.1 Å². The van der Waals surface area contributed by atoms with Crippen molar-refractivity contribution in [1.82, 2.24) is 9.69 Å². The van der Waals surface area contributed by atoms with Gasteiger partial charge in [-0.25, -0.2) is 0 Å². The van der Waals surface area contributed by atoms with Crippen LogP contribution >= 0.6 is 11.5 Å². The van der Waals surface area contributed by atoms with E-state index in [0.29, 0.717) is 11.6 Å². The van der Waals surface area contributed by atoms with Gasteiger partial charge in [-0.1, -0.05) is 0 Å². The first-order valence-electron chi connectivity index (χ1n) is 6.13. The van der Waals surface area contributed by atoms with Gasteiger partial charge in [0, 0.05) is 11.3 Å². The van der Waals surface area contributed by atoms with Gasteiger partial charge >= 0.3 is 0 Å². The summed E-state index contributed by atoms with van der Waals surface area (Å²) in [5.41, 5.74) is 0.436. The number of hydrogen-bond acceptors (Lipinski definition) is 4. The molecule has 0 radical (unpaired) electrons. The number of carbonyl (C=O) groups is 1. The van der Waals surface area contributed by atoms with E-state index in [9.17, 15) is 4.79 Å². The first-order chi connectivity index (χ1) is 8.26. The van der Waals surface area contributed by atoms with E-state index in [-0.39, 0.29) is 17.0 Å². The third-order valence-electron chi connectivity index (χ3n) is 4.65. The van der Waals surface area contributed by atoms with Gasteiger partial charge in [-0.2, -0.15) is 4.37 Å². The van der Waals surface area contributed by atoms with E-state index in [0.717, 1.165) is 25.9 Å². The van der Waals surface area contributed by atoms with Crippen molar-refractivity contribution in [2.24, 2.45) is 5.92 Å². The van der Waals surface area contributed by atoms with Gasteiger partial charge in [-0.05, 0) is 43.3 Å². The van der Waals surface area contributed by atoms with Crippen molar-refractivity contribution >= 4 is 17.4 Å². The highest BCUT2D eigenvalue weighted by atomic mass is 32.1. The number of rotatable bonds is 2. The Morgan fingerprint density at radius 2 is 2.47 bits per heavy atom. The fraction of sp³-hybridized carbons (Fsp3) is 0.667. The summed E-state index contributed by atoms with van der Waals surface area (Å²) in [7, 11) is 0. The second-order valence-electron chi connectivity index (χ2n) is 5.37. The van der Waals surface area contributed by atoms with Crippen molar-refractivity contribution in [3.63, 3.8) is 0 Å². The molecule has 1 aromatic heterocycles. The summed E-state index contributed by atoms with van der Waals surface area (Å²) in [5.74, 6) is 0.496. The zero-order valence-corrected chi connectivity index (χ0v) is 10.3. The number of nitrogens with zero attached hydrogens (tertiary/aromatic N) is 1. The van der Waals surface area contributed by atoms with Crippen LogP contribution in [0, 0.1) is 5.92 Å². The largest absolute Gasteiger partial charge is 0.372 e. The Labute approximate surface area is 104 Å². The summed E-state index contributed by atoms with van der Waals surface area (Å²) >= 11 is 1.32. The molecule has 5 heteroatoms. The number of carbonyl (C=O) groups excluding carboxylic acids is 1. The van der Waals surface area contributed by atoms with Crippen LogP contribution in [-0.2, 0) is 4.74 Å². The lowest BCUT2D eigenvalue weighted by Gasteiger charge is -2.45. The Hall–Kier alpha value is -0.940. The highest BCUT2D eigenvalue weighted by Gasteiger charge is 2.74. The van der Waals surface area contributed by atoms with Crippen molar-refractivity contribution in [1.29, 1.82) is 0 Å². The van der Waals surface area contributed by atoms with Gasteiger partial charge in [0.25, 0.3) is 5.91 Å². The van der Waals surface area contributed by atoms with Crippen molar-refractivity contribution in [2.75, 3.05) is 6.61 Å². The minimum atomic E-state index is -0.0635. The molecule has 2 heterocycles. The Kier molecular flexibility index (Phi) is 1.82. The summed E-state index contributed by atoms with van der Waals surface area (Å²) in [5, 5.41) is 5.04. The average Bonchev–Trinajstić information content (AvgIpc) is 2.69. The maximum Gasteiger partial charge on any atom is 0.271 e. The van der Waals surface area contributed by atoms with Crippen LogP contribution in [0.15, 0.2) is 11.4 Å². The van der Waals surface area contributed by atoms with Gasteiger partial charge < -0.3 is 10.1 Å². The summed E-state index contributed by atoms with van der Waals surface area (Å²) in [4.78, 5) is 12.1. The molecule has 1 N–H and O–H groups in total. The van der Waals surface area contributed by atoms with Gasteiger partial charge in [-0.15, -0.1) is 0 Å². The average molecular weight is 250 g/mol. The highest BCUT2D eigenvalue weighted by molar-refractivity contribution is 7.03. The molecule has 0 bridgehead atoms. The van der Waals surface area contributed by atoms with Crippen molar-refractivity contribution in [2.45, 2.75) is 36.8 Å². The molecule has 90 valence electrons. The number of fused-ring (bicyclic) bond motifs is 2. The molecule has 4 nitrogen and oxygen atoms in total. The number of hydrogen-bond donors (Lipinski definition) is 1. The first-order valence-corrected chi connectivity index (χ1v) is 6.96. The van der Waals surface area contributed by atoms with Crippen LogP contribution in [0.3, 0.4) is 0 Å². The third-order valence-corrected chi connectivity index (χ3v) is 5.21. The standard InChI is InChI=1S/C12H14N2O2S/c15-10(9-2-5-17-14-9)13-12-6-8(12)7-16-11(12)3-1-4-11/h2,5,8H,1,3-4,6-7H2,(H,13,15)/t8-,12+/m0/s1. The minimum Gasteiger partial charge on any atom is -0.372 e. The van der Waals surface area contributed by atoms with E-state index >= 15 is 0 Å². The molecular formula is C12H14N2O2S. The van der Waals surface area contributed by atoms with Crippen LogP contribution in [0.25, 0.3) is 0 Å². The smallest absolute Gasteiger partial charge is 0.271 e. The lowest BCUT2D eigenvalue weighted by atomic mass is 9.72. The molecule has 0 aromatic carbocycles. The van der Waals surface area contributed by atoms with Gasteiger partial charge in [0.15, 0.2) is 0 Å². The molecule has 1 aromatic rings. The summed E-state index contributed by atoms with van der Waals surface area (Å²) in [6, 6.07) is 1.78. The van der Waals surface area contributed by atoms with E-state index < -0.39 is 0 Å². The minimum absolute atomic E-state index is 0.0366. The Balaban J connectivity index is 1.58. The van der Waals surface area contributed by atoms with Gasteiger partial charge in [0.2, 0.25) is 0 Å². The summed E-state index contributed by atoms with van der Waals surface area (Å²) in [6.45, 7) is 0.817. The van der Waals surface area contributed by atoms with Gasteiger partial charge in [-0.3, -0.25) is 4.79 Å².